The Morgan fingerprint density at radius 2 is 2.11 bits per heavy atom. The summed E-state index contributed by atoms with van der Waals surface area (Å²) in [4.78, 5) is 16.4. The average Bonchev–Trinajstić information content (AvgIpc) is 2.39. The quantitative estimate of drug-likeness (QED) is 0.773. The fraction of sp³-hybridized carbons (Fsp3) is 0.333. The molecule has 0 saturated carbocycles. The van der Waals surface area contributed by atoms with Gasteiger partial charge in [0, 0.05) is 11.6 Å². The van der Waals surface area contributed by atoms with E-state index in [1.807, 2.05) is 31.2 Å². The van der Waals surface area contributed by atoms with Gasteiger partial charge in [-0.3, -0.25) is 4.98 Å². The molecule has 0 bridgehead atoms. The normalized spacial score (nSPS) is 10.6. The van der Waals surface area contributed by atoms with E-state index < -0.39 is 0 Å². The number of ether oxygens (including phenoxy) is 1. The summed E-state index contributed by atoms with van der Waals surface area (Å²) in [5, 5.41) is 0.973. The lowest BCUT2D eigenvalue weighted by Gasteiger charge is -2.10. The molecule has 0 aliphatic rings. The van der Waals surface area contributed by atoms with Crippen LogP contribution in [0.5, 0.6) is 0 Å². The average molecular weight is 243 g/mol. The maximum absolute atomic E-state index is 12.1. The number of rotatable bonds is 4. The number of fused-ring (bicyclic) bond motifs is 1. The number of carbonyl (C=O) groups is 1. The maximum atomic E-state index is 12.1. The summed E-state index contributed by atoms with van der Waals surface area (Å²) in [6.07, 6.45) is 3.56. The number of esters is 1. The summed E-state index contributed by atoms with van der Waals surface area (Å²) >= 11 is 0. The number of hydrogen-bond donors (Lipinski definition) is 0. The molecule has 0 N–H and O–H groups in total. The Labute approximate surface area is 107 Å². The minimum absolute atomic E-state index is 0.273. The molecular weight excluding hydrogens is 226 g/mol. The first-order valence-corrected chi connectivity index (χ1v) is 6.31. The molecule has 0 aliphatic carbocycles. The lowest BCUT2D eigenvalue weighted by molar-refractivity contribution is 0.0527. The third-order valence-electron chi connectivity index (χ3n) is 2.86. The SMILES string of the molecule is CCCc1ccc2cccnc2c1C(=O)OCC. The van der Waals surface area contributed by atoms with E-state index in [2.05, 4.69) is 11.9 Å². The van der Waals surface area contributed by atoms with Crippen LogP contribution in [0.1, 0.15) is 36.2 Å². The molecule has 0 unspecified atom stereocenters. The highest BCUT2D eigenvalue weighted by molar-refractivity contribution is 6.04. The zero-order valence-corrected chi connectivity index (χ0v) is 10.8. The van der Waals surface area contributed by atoms with Gasteiger partial charge in [0.2, 0.25) is 0 Å². The lowest BCUT2D eigenvalue weighted by Crippen LogP contribution is -2.09. The van der Waals surface area contributed by atoms with Gasteiger partial charge in [-0.25, -0.2) is 4.79 Å². The second-order valence-electron chi connectivity index (χ2n) is 4.15. The lowest BCUT2D eigenvalue weighted by atomic mass is 9.99. The smallest absolute Gasteiger partial charge is 0.340 e. The molecule has 0 saturated heterocycles. The van der Waals surface area contributed by atoms with Crippen LogP contribution in [0.3, 0.4) is 0 Å². The Bertz CT molecular complexity index is 563. The Morgan fingerprint density at radius 3 is 2.83 bits per heavy atom. The minimum Gasteiger partial charge on any atom is -0.462 e. The van der Waals surface area contributed by atoms with Crippen molar-refractivity contribution in [3.05, 3.63) is 41.6 Å². The van der Waals surface area contributed by atoms with Crippen LogP contribution in [0.15, 0.2) is 30.5 Å². The number of carbonyl (C=O) groups excluding carboxylic acids is 1. The second-order valence-corrected chi connectivity index (χ2v) is 4.15. The molecule has 0 amide bonds. The van der Waals surface area contributed by atoms with Crippen molar-refractivity contribution in [3.8, 4) is 0 Å². The van der Waals surface area contributed by atoms with Gasteiger partial charge < -0.3 is 4.74 Å². The molecule has 2 rings (SSSR count). The number of aryl methyl sites for hydroxylation is 1. The van der Waals surface area contributed by atoms with E-state index in [9.17, 15) is 4.79 Å². The Hall–Kier alpha value is -1.90. The summed E-state index contributed by atoms with van der Waals surface area (Å²) in [7, 11) is 0. The molecule has 2 aromatic rings. The van der Waals surface area contributed by atoms with Crippen molar-refractivity contribution >= 4 is 16.9 Å². The third kappa shape index (κ3) is 2.35. The predicted molar refractivity (Wildman–Crippen MR) is 71.7 cm³/mol. The van der Waals surface area contributed by atoms with Crippen LogP contribution < -0.4 is 0 Å². The topological polar surface area (TPSA) is 39.2 Å². The van der Waals surface area contributed by atoms with Crippen LogP contribution in [-0.2, 0) is 11.2 Å². The fourth-order valence-electron chi connectivity index (χ4n) is 2.10. The molecule has 3 nitrogen and oxygen atoms in total. The first-order chi connectivity index (χ1) is 8.77. The van der Waals surface area contributed by atoms with Crippen LogP contribution in [0.2, 0.25) is 0 Å². The standard InChI is InChI=1S/C15H17NO2/c1-3-6-11-8-9-12-7-5-10-16-14(12)13(11)15(17)18-4-2/h5,7-10H,3-4,6H2,1-2H3. The van der Waals surface area contributed by atoms with Crippen molar-refractivity contribution in [1.29, 1.82) is 0 Å². The number of aromatic nitrogens is 1. The first-order valence-electron chi connectivity index (χ1n) is 6.31. The summed E-state index contributed by atoms with van der Waals surface area (Å²) in [5.74, 6) is -0.273. The van der Waals surface area contributed by atoms with Crippen molar-refractivity contribution in [3.63, 3.8) is 0 Å². The highest BCUT2D eigenvalue weighted by Gasteiger charge is 2.16. The highest BCUT2D eigenvalue weighted by Crippen LogP contribution is 2.22. The van der Waals surface area contributed by atoms with Crippen molar-refractivity contribution < 1.29 is 9.53 Å². The van der Waals surface area contributed by atoms with Crippen LogP contribution in [-0.4, -0.2) is 17.6 Å². The van der Waals surface area contributed by atoms with E-state index in [0.717, 1.165) is 29.3 Å². The Kier molecular flexibility index (Phi) is 3.92. The number of pyridine rings is 1. The van der Waals surface area contributed by atoms with E-state index in [4.69, 9.17) is 4.74 Å². The Balaban J connectivity index is 2.62. The largest absolute Gasteiger partial charge is 0.462 e. The number of hydrogen-bond acceptors (Lipinski definition) is 3. The van der Waals surface area contributed by atoms with Gasteiger partial charge in [-0.05, 0) is 25.0 Å². The number of nitrogens with zero attached hydrogens (tertiary/aromatic N) is 1. The van der Waals surface area contributed by atoms with Gasteiger partial charge >= 0.3 is 5.97 Å². The van der Waals surface area contributed by atoms with Crippen LogP contribution in [0.4, 0.5) is 0 Å². The monoisotopic (exact) mass is 243 g/mol. The highest BCUT2D eigenvalue weighted by atomic mass is 16.5. The molecule has 3 heteroatoms. The van der Waals surface area contributed by atoms with Crippen molar-refractivity contribution in [1.82, 2.24) is 4.98 Å². The van der Waals surface area contributed by atoms with Gasteiger partial charge in [0.15, 0.2) is 0 Å². The van der Waals surface area contributed by atoms with Crippen LogP contribution in [0, 0.1) is 0 Å². The van der Waals surface area contributed by atoms with Gasteiger partial charge in [-0.2, -0.15) is 0 Å². The van der Waals surface area contributed by atoms with E-state index >= 15 is 0 Å². The van der Waals surface area contributed by atoms with Crippen molar-refractivity contribution in [2.45, 2.75) is 26.7 Å². The van der Waals surface area contributed by atoms with Gasteiger partial charge in [0.25, 0.3) is 0 Å². The summed E-state index contributed by atoms with van der Waals surface area (Å²) in [6, 6.07) is 7.84. The zero-order valence-electron chi connectivity index (χ0n) is 10.8. The van der Waals surface area contributed by atoms with Crippen molar-refractivity contribution in [2.75, 3.05) is 6.61 Å². The van der Waals surface area contributed by atoms with Gasteiger partial charge in [0.05, 0.1) is 17.7 Å². The molecule has 0 radical (unpaired) electrons. The summed E-state index contributed by atoms with van der Waals surface area (Å²) in [6.45, 7) is 4.29. The van der Waals surface area contributed by atoms with Crippen LogP contribution in [0.25, 0.3) is 10.9 Å². The molecule has 0 atom stereocenters. The molecule has 18 heavy (non-hydrogen) atoms. The van der Waals surface area contributed by atoms with Crippen molar-refractivity contribution in [2.24, 2.45) is 0 Å². The molecule has 1 heterocycles. The third-order valence-corrected chi connectivity index (χ3v) is 2.86. The molecule has 0 aliphatic heterocycles. The summed E-state index contributed by atoms with van der Waals surface area (Å²) < 4.78 is 5.14. The van der Waals surface area contributed by atoms with E-state index in [1.54, 1.807) is 6.20 Å². The molecule has 0 spiro atoms. The zero-order chi connectivity index (χ0) is 13.0. The van der Waals surface area contributed by atoms with Gasteiger partial charge in [-0.15, -0.1) is 0 Å². The second kappa shape index (κ2) is 5.63. The molecular formula is C15H17NO2. The van der Waals surface area contributed by atoms with E-state index in [1.165, 1.54) is 0 Å². The minimum atomic E-state index is -0.273. The molecule has 1 aromatic heterocycles. The number of benzene rings is 1. The maximum Gasteiger partial charge on any atom is 0.340 e. The molecule has 1 aromatic carbocycles. The first kappa shape index (κ1) is 12.6. The predicted octanol–water partition coefficient (Wildman–Crippen LogP) is 3.36. The molecule has 94 valence electrons. The Morgan fingerprint density at radius 1 is 1.28 bits per heavy atom. The summed E-state index contributed by atoms with van der Waals surface area (Å²) in [5.41, 5.74) is 2.38. The van der Waals surface area contributed by atoms with E-state index in [-0.39, 0.29) is 5.97 Å². The molecule has 0 fully saturated rings. The fourth-order valence-corrected chi connectivity index (χ4v) is 2.10. The van der Waals surface area contributed by atoms with Crippen LogP contribution >= 0.6 is 0 Å². The van der Waals surface area contributed by atoms with E-state index in [0.29, 0.717) is 12.2 Å². The van der Waals surface area contributed by atoms with Gasteiger partial charge in [0.1, 0.15) is 0 Å². The van der Waals surface area contributed by atoms with Gasteiger partial charge in [-0.1, -0.05) is 31.5 Å².